The van der Waals surface area contributed by atoms with E-state index >= 15 is 0 Å². The van der Waals surface area contributed by atoms with Crippen molar-refractivity contribution in [2.45, 2.75) is 12.6 Å². The van der Waals surface area contributed by atoms with Gasteiger partial charge in [-0.3, -0.25) is 9.89 Å². The number of guanidine groups is 1. The largest absolute Gasteiger partial charge is 0.493 e. The summed E-state index contributed by atoms with van der Waals surface area (Å²) in [5.74, 6) is 2.20. The van der Waals surface area contributed by atoms with Crippen molar-refractivity contribution < 1.29 is 14.2 Å². The fraction of sp³-hybridized carbons (Fsp3) is 0.435. The molecule has 8 heteroatoms. The molecule has 31 heavy (non-hydrogen) atoms. The van der Waals surface area contributed by atoms with Crippen molar-refractivity contribution in [3.05, 3.63) is 59.7 Å². The summed E-state index contributed by atoms with van der Waals surface area (Å²) in [6.07, 6.45) is 0. The first-order valence-electron chi connectivity index (χ1n) is 10.3. The molecule has 7 nitrogen and oxygen atoms in total. The second-order valence-electron chi connectivity index (χ2n) is 7.07. The molecule has 2 aromatic carbocycles. The third-order valence-corrected chi connectivity index (χ3v) is 5.27. The predicted molar refractivity (Wildman–Crippen MR) is 135 cm³/mol. The molecule has 0 aliphatic carbocycles. The van der Waals surface area contributed by atoms with Crippen molar-refractivity contribution in [3.8, 4) is 11.5 Å². The number of nitrogens with zero attached hydrogens (tertiary/aromatic N) is 2. The smallest absolute Gasteiger partial charge is 0.191 e. The van der Waals surface area contributed by atoms with Gasteiger partial charge in [0.05, 0.1) is 33.5 Å². The number of hydrogen-bond acceptors (Lipinski definition) is 5. The number of halogens is 1. The van der Waals surface area contributed by atoms with Crippen molar-refractivity contribution in [2.75, 3.05) is 54.1 Å². The molecule has 0 saturated carbocycles. The molecule has 2 aromatic rings. The van der Waals surface area contributed by atoms with Gasteiger partial charge >= 0.3 is 0 Å². The average Bonchev–Trinajstić information content (AvgIpc) is 2.82. The van der Waals surface area contributed by atoms with Crippen LogP contribution < -0.4 is 20.1 Å². The lowest BCUT2D eigenvalue weighted by molar-refractivity contribution is 0.0170. The summed E-state index contributed by atoms with van der Waals surface area (Å²) in [4.78, 5) is 6.85. The van der Waals surface area contributed by atoms with Crippen molar-refractivity contribution in [1.82, 2.24) is 15.5 Å². The topological polar surface area (TPSA) is 67.4 Å². The van der Waals surface area contributed by atoms with Gasteiger partial charge in [-0.2, -0.15) is 0 Å². The highest BCUT2D eigenvalue weighted by Crippen LogP contribution is 2.27. The molecule has 0 spiro atoms. The third kappa shape index (κ3) is 7.26. The Morgan fingerprint density at radius 2 is 1.74 bits per heavy atom. The number of ether oxygens (including phenoxy) is 3. The Bertz CT molecular complexity index is 814. The molecule has 1 aliphatic heterocycles. The first-order chi connectivity index (χ1) is 14.7. The Hall–Kier alpha value is -2.04. The van der Waals surface area contributed by atoms with Gasteiger partial charge in [0.1, 0.15) is 0 Å². The van der Waals surface area contributed by atoms with E-state index in [1.165, 1.54) is 5.56 Å². The van der Waals surface area contributed by atoms with Crippen molar-refractivity contribution in [2.24, 2.45) is 4.99 Å². The van der Waals surface area contributed by atoms with Crippen LogP contribution in [0.1, 0.15) is 17.2 Å². The van der Waals surface area contributed by atoms with E-state index in [2.05, 4.69) is 50.9 Å². The lowest BCUT2D eigenvalue weighted by Crippen LogP contribution is -2.46. The van der Waals surface area contributed by atoms with Gasteiger partial charge in [-0.25, -0.2) is 0 Å². The maximum absolute atomic E-state index is 5.54. The zero-order valence-corrected chi connectivity index (χ0v) is 20.8. The molecule has 1 fully saturated rings. The SMILES string of the molecule is CN=C(NCc1ccc(OC)c(OC)c1)NCC(c1ccccc1)N1CCOCC1.I. The molecule has 3 rings (SSSR count). The van der Waals surface area contributed by atoms with E-state index in [1.54, 1.807) is 21.3 Å². The van der Waals surface area contributed by atoms with Crippen LogP contribution in [0.4, 0.5) is 0 Å². The number of hydrogen-bond donors (Lipinski definition) is 2. The number of aliphatic imine (C=N–C) groups is 1. The molecule has 1 unspecified atom stereocenters. The van der Waals surface area contributed by atoms with Gasteiger partial charge in [0.25, 0.3) is 0 Å². The summed E-state index contributed by atoms with van der Waals surface area (Å²) < 4.78 is 16.2. The summed E-state index contributed by atoms with van der Waals surface area (Å²) in [5.41, 5.74) is 2.38. The highest BCUT2D eigenvalue weighted by Gasteiger charge is 2.22. The molecule has 0 radical (unpaired) electrons. The van der Waals surface area contributed by atoms with Crippen LogP contribution >= 0.6 is 24.0 Å². The molecule has 1 heterocycles. The first-order valence-corrected chi connectivity index (χ1v) is 10.3. The Morgan fingerprint density at radius 3 is 2.39 bits per heavy atom. The molecule has 0 bridgehead atoms. The lowest BCUT2D eigenvalue weighted by Gasteiger charge is -2.35. The summed E-state index contributed by atoms with van der Waals surface area (Å²) in [5, 5.41) is 6.87. The number of nitrogens with one attached hydrogen (secondary N) is 2. The van der Waals surface area contributed by atoms with Crippen molar-refractivity contribution in [1.29, 1.82) is 0 Å². The standard InChI is InChI=1S/C23H32N4O3.HI/c1-24-23(25-16-18-9-10-21(28-2)22(15-18)29-3)26-17-20(19-7-5-4-6-8-19)27-11-13-30-14-12-27;/h4-10,15,20H,11-14,16-17H2,1-3H3,(H2,24,25,26);1H. The summed E-state index contributed by atoms with van der Waals surface area (Å²) in [6, 6.07) is 16.8. The minimum absolute atomic E-state index is 0. The van der Waals surface area contributed by atoms with Gasteiger partial charge < -0.3 is 24.8 Å². The van der Waals surface area contributed by atoms with E-state index in [4.69, 9.17) is 14.2 Å². The summed E-state index contributed by atoms with van der Waals surface area (Å²) in [6.45, 7) is 4.80. The van der Waals surface area contributed by atoms with Crippen molar-refractivity contribution in [3.63, 3.8) is 0 Å². The predicted octanol–water partition coefficient (Wildman–Crippen LogP) is 3.06. The van der Waals surface area contributed by atoms with Gasteiger partial charge in [-0.05, 0) is 23.3 Å². The molecule has 2 N–H and O–H groups in total. The molecule has 0 amide bonds. The zero-order valence-electron chi connectivity index (χ0n) is 18.5. The normalized spacial score (nSPS) is 15.5. The quantitative estimate of drug-likeness (QED) is 0.305. The van der Waals surface area contributed by atoms with Crippen LogP contribution in [0, 0.1) is 0 Å². The van der Waals surface area contributed by atoms with Crippen LogP contribution in [0.3, 0.4) is 0 Å². The van der Waals surface area contributed by atoms with Gasteiger partial charge in [-0.1, -0.05) is 36.4 Å². The van der Waals surface area contributed by atoms with Crippen LogP contribution in [0.5, 0.6) is 11.5 Å². The number of morpholine rings is 1. The third-order valence-electron chi connectivity index (χ3n) is 5.27. The number of methoxy groups -OCH3 is 2. The van der Waals surface area contributed by atoms with E-state index in [9.17, 15) is 0 Å². The Kier molecular flexibility index (Phi) is 10.9. The Balaban J connectivity index is 0.00000341. The second-order valence-corrected chi connectivity index (χ2v) is 7.07. The van der Waals surface area contributed by atoms with Crippen LogP contribution in [0.25, 0.3) is 0 Å². The maximum Gasteiger partial charge on any atom is 0.191 e. The minimum atomic E-state index is 0. The van der Waals surface area contributed by atoms with Crippen LogP contribution in [0.15, 0.2) is 53.5 Å². The number of rotatable bonds is 8. The van der Waals surface area contributed by atoms with E-state index in [0.717, 1.165) is 55.9 Å². The Morgan fingerprint density at radius 1 is 1.03 bits per heavy atom. The highest BCUT2D eigenvalue weighted by molar-refractivity contribution is 14.0. The first kappa shape index (κ1) is 25.2. The lowest BCUT2D eigenvalue weighted by atomic mass is 10.0. The monoisotopic (exact) mass is 540 g/mol. The van der Waals surface area contributed by atoms with Gasteiger partial charge in [0, 0.05) is 33.2 Å². The summed E-state index contributed by atoms with van der Waals surface area (Å²) >= 11 is 0. The van der Waals surface area contributed by atoms with Gasteiger partial charge in [-0.15, -0.1) is 24.0 Å². The van der Waals surface area contributed by atoms with E-state index < -0.39 is 0 Å². The van der Waals surface area contributed by atoms with E-state index in [-0.39, 0.29) is 30.0 Å². The average molecular weight is 540 g/mol. The van der Waals surface area contributed by atoms with Crippen LogP contribution in [-0.2, 0) is 11.3 Å². The molecule has 1 atom stereocenters. The molecule has 170 valence electrons. The summed E-state index contributed by atoms with van der Waals surface area (Å²) in [7, 11) is 5.07. The van der Waals surface area contributed by atoms with Crippen LogP contribution in [0.2, 0.25) is 0 Å². The molecule has 1 aliphatic rings. The fourth-order valence-electron chi connectivity index (χ4n) is 3.61. The fourth-order valence-corrected chi connectivity index (χ4v) is 3.61. The Labute approximate surface area is 202 Å². The number of benzene rings is 2. The maximum atomic E-state index is 5.54. The molecule has 0 aromatic heterocycles. The second kappa shape index (κ2) is 13.4. The van der Waals surface area contributed by atoms with E-state index in [0.29, 0.717) is 6.54 Å². The molecular formula is C23H33IN4O3. The minimum Gasteiger partial charge on any atom is -0.493 e. The highest BCUT2D eigenvalue weighted by atomic mass is 127. The van der Waals surface area contributed by atoms with Gasteiger partial charge in [0.15, 0.2) is 17.5 Å². The van der Waals surface area contributed by atoms with E-state index in [1.807, 2.05) is 18.2 Å². The molecular weight excluding hydrogens is 507 g/mol. The van der Waals surface area contributed by atoms with Crippen LogP contribution in [-0.4, -0.2) is 65.0 Å². The molecule has 1 saturated heterocycles. The van der Waals surface area contributed by atoms with Crippen molar-refractivity contribution >= 4 is 29.9 Å². The van der Waals surface area contributed by atoms with Gasteiger partial charge in [0.2, 0.25) is 0 Å². The zero-order chi connectivity index (χ0) is 21.2.